The Labute approximate surface area is 234 Å². The van der Waals surface area contributed by atoms with Gasteiger partial charge in [-0.1, -0.05) is 25.0 Å². The van der Waals surface area contributed by atoms with Crippen LogP contribution in [-0.4, -0.2) is 85.4 Å². The van der Waals surface area contributed by atoms with E-state index in [2.05, 4.69) is 26.0 Å². The number of fused-ring (bicyclic) bond motifs is 2. The van der Waals surface area contributed by atoms with Crippen molar-refractivity contribution in [2.75, 3.05) is 13.2 Å². The van der Waals surface area contributed by atoms with Gasteiger partial charge in [-0.15, -0.1) is 10.2 Å². The normalized spacial score (nSPS) is 30.2. The molecule has 2 aliphatic heterocycles. The zero-order valence-electron chi connectivity index (χ0n) is 24.0. The summed E-state index contributed by atoms with van der Waals surface area (Å²) in [6, 6.07) is -2.20. The largest absolute Gasteiger partial charge is 0.464 e. The first-order valence-electron chi connectivity index (χ1n) is 14.2. The zero-order chi connectivity index (χ0) is 29.1. The second kappa shape index (κ2) is 11.9. The van der Waals surface area contributed by atoms with Crippen molar-refractivity contribution in [2.24, 2.45) is 5.92 Å². The molecule has 13 heteroatoms. The predicted octanol–water partition coefficient (Wildman–Crippen LogP) is 1.98. The Bertz CT molecular complexity index is 1140. The number of tetrazole rings is 1. The molecule has 220 valence electrons. The SMILES string of the molecule is CCOC(=O)[C@@]12CC1/C=C\CCCCC[C@H](NC(=O)OC(C)(C)C)C(=O)N1CC(n3nnc(C)n3)C[C@H]1C(=O)N2. The van der Waals surface area contributed by atoms with Crippen LogP contribution in [0, 0.1) is 12.8 Å². The number of amides is 3. The van der Waals surface area contributed by atoms with Crippen LogP contribution in [-0.2, 0) is 23.9 Å². The summed E-state index contributed by atoms with van der Waals surface area (Å²) >= 11 is 0. The molecular formula is C27H41N7O6. The fourth-order valence-corrected chi connectivity index (χ4v) is 5.39. The summed E-state index contributed by atoms with van der Waals surface area (Å²) in [5, 5.41) is 18.0. The lowest BCUT2D eigenvalue weighted by Crippen LogP contribution is -2.56. The fourth-order valence-electron chi connectivity index (χ4n) is 5.39. The van der Waals surface area contributed by atoms with Gasteiger partial charge in [-0.25, -0.2) is 9.59 Å². The van der Waals surface area contributed by atoms with Crippen LogP contribution in [0.4, 0.5) is 4.79 Å². The van der Waals surface area contributed by atoms with Crippen LogP contribution >= 0.6 is 0 Å². The highest BCUT2D eigenvalue weighted by Gasteiger charge is 2.62. The number of carbonyl (C=O) groups excluding carboxylic acids is 4. The topological polar surface area (TPSA) is 158 Å². The summed E-state index contributed by atoms with van der Waals surface area (Å²) in [7, 11) is 0. The number of aromatic nitrogens is 4. The number of rotatable bonds is 4. The number of nitrogens with zero attached hydrogens (tertiary/aromatic N) is 5. The molecule has 0 spiro atoms. The van der Waals surface area contributed by atoms with E-state index in [0.717, 1.165) is 19.3 Å². The molecule has 0 bridgehead atoms. The van der Waals surface area contributed by atoms with Crippen molar-refractivity contribution >= 4 is 23.9 Å². The van der Waals surface area contributed by atoms with Crippen LogP contribution in [0.25, 0.3) is 0 Å². The maximum atomic E-state index is 14.0. The average molecular weight is 560 g/mol. The maximum absolute atomic E-state index is 14.0. The van der Waals surface area contributed by atoms with E-state index in [-0.39, 0.29) is 25.5 Å². The molecule has 4 rings (SSSR count). The molecule has 3 heterocycles. The van der Waals surface area contributed by atoms with Gasteiger partial charge in [-0.2, -0.15) is 4.80 Å². The Kier molecular flexibility index (Phi) is 8.79. The molecule has 1 saturated heterocycles. The number of carbonyl (C=O) groups is 4. The molecule has 1 aromatic heterocycles. The van der Waals surface area contributed by atoms with Gasteiger partial charge in [-0.3, -0.25) is 9.59 Å². The number of hydrogen-bond donors (Lipinski definition) is 2. The number of hydrogen-bond acceptors (Lipinski definition) is 9. The minimum Gasteiger partial charge on any atom is -0.464 e. The van der Waals surface area contributed by atoms with Gasteiger partial charge >= 0.3 is 12.1 Å². The number of ether oxygens (including phenoxy) is 2. The molecule has 2 fully saturated rings. The Balaban J connectivity index is 1.64. The lowest BCUT2D eigenvalue weighted by molar-refractivity contribution is -0.150. The summed E-state index contributed by atoms with van der Waals surface area (Å²) < 4.78 is 10.8. The van der Waals surface area contributed by atoms with Gasteiger partial charge in [0.1, 0.15) is 23.2 Å². The second-order valence-electron chi connectivity index (χ2n) is 11.8. The Hall–Kier alpha value is -3.51. The lowest BCUT2D eigenvalue weighted by atomic mass is 10.0. The maximum Gasteiger partial charge on any atom is 0.408 e. The highest BCUT2D eigenvalue weighted by Crippen LogP contribution is 2.46. The van der Waals surface area contributed by atoms with Crippen LogP contribution in [0.1, 0.15) is 84.5 Å². The third-order valence-electron chi connectivity index (χ3n) is 7.44. The van der Waals surface area contributed by atoms with Gasteiger partial charge in [0.15, 0.2) is 5.82 Å². The summed E-state index contributed by atoms with van der Waals surface area (Å²) in [6.45, 7) is 9.03. The number of esters is 1. The fraction of sp³-hybridized carbons (Fsp3) is 0.741. The van der Waals surface area contributed by atoms with Crippen LogP contribution in [0.3, 0.4) is 0 Å². The Morgan fingerprint density at radius 2 is 2.00 bits per heavy atom. The number of aryl methyl sites for hydroxylation is 1. The van der Waals surface area contributed by atoms with E-state index in [9.17, 15) is 19.2 Å². The monoisotopic (exact) mass is 559 g/mol. The van der Waals surface area contributed by atoms with Gasteiger partial charge in [0.25, 0.3) is 0 Å². The number of allylic oxidation sites excluding steroid dienone is 1. The third kappa shape index (κ3) is 6.79. The molecular weight excluding hydrogens is 518 g/mol. The minimum atomic E-state index is -1.16. The van der Waals surface area contributed by atoms with E-state index >= 15 is 0 Å². The van der Waals surface area contributed by atoms with Crippen molar-refractivity contribution in [3.63, 3.8) is 0 Å². The summed E-state index contributed by atoms with van der Waals surface area (Å²) in [4.78, 5) is 56.4. The molecule has 2 N–H and O–H groups in total. The molecule has 5 atom stereocenters. The van der Waals surface area contributed by atoms with Crippen molar-refractivity contribution in [3.8, 4) is 0 Å². The number of alkyl carbamates (subject to hydrolysis) is 1. The summed E-state index contributed by atoms with van der Waals surface area (Å²) in [6.07, 6.45) is 7.63. The molecule has 3 amide bonds. The van der Waals surface area contributed by atoms with E-state index < -0.39 is 53.1 Å². The van der Waals surface area contributed by atoms with Gasteiger partial charge in [-0.05, 0) is 65.5 Å². The van der Waals surface area contributed by atoms with Crippen molar-refractivity contribution in [1.82, 2.24) is 35.7 Å². The second-order valence-corrected chi connectivity index (χ2v) is 11.8. The zero-order valence-corrected chi connectivity index (χ0v) is 24.0. The van der Waals surface area contributed by atoms with Gasteiger partial charge < -0.3 is 25.0 Å². The van der Waals surface area contributed by atoms with Gasteiger partial charge in [0, 0.05) is 18.9 Å². The van der Waals surface area contributed by atoms with Crippen molar-refractivity contribution in [1.29, 1.82) is 0 Å². The quantitative estimate of drug-likeness (QED) is 0.416. The number of nitrogens with one attached hydrogen (secondary N) is 2. The molecule has 2 unspecified atom stereocenters. The molecule has 1 aliphatic carbocycles. The molecule has 1 saturated carbocycles. The van der Waals surface area contributed by atoms with Crippen molar-refractivity contribution < 1.29 is 28.7 Å². The predicted molar refractivity (Wildman–Crippen MR) is 143 cm³/mol. The van der Waals surface area contributed by atoms with Gasteiger partial charge in [0.2, 0.25) is 11.8 Å². The van der Waals surface area contributed by atoms with E-state index in [4.69, 9.17) is 9.47 Å². The molecule has 0 radical (unpaired) electrons. The smallest absolute Gasteiger partial charge is 0.408 e. The Morgan fingerprint density at radius 1 is 1.23 bits per heavy atom. The van der Waals surface area contributed by atoms with Crippen LogP contribution < -0.4 is 10.6 Å². The van der Waals surface area contributed by atoms with Crippen LogP contribution in [0.15, 0.2) is 12.2 Å². The summed E-state index contributed by atoms with van der Waals surface area (Å²) in [5.41, 5.74) is -1.90. The van der Waals surface area contributed by atoms with E-state index in [1.54, 1.807) is 34.6 Å². The highest BCUT2D eigenvalue weighted by molar-refractivity contribution is 5.96. The molecule has 40 heavy (non-hydrogen) atoms. The van der Waals surface area contributed by atoms with Gasteiger partial charge in [0.05, 0.1) is 12.6 Å². The third-order valence-corrected chi connectivity index (χ3v) is 7.44. The van der Waals surface area contributed by atoms with Crippen LogP contribution in [0.2, 0.25) is 0 Å². The van der Waals surface area contributed by atoms with E-state index in [0.29, 0.717) is 25.1 Å². The minimum absolute atomic E-state index is 0.148. The first-order chi connectivity index (χ1) is 18.9. The van der Waals surface area contributed by atoms with Crippen LogP contribution in [0.5, 0.6) is 0 Å². The molecule has 0 aromatic carbocycles. The molecule has 3 aliphatic rings. The van der Waals surface area contributed by atoms with E-state index in [1.807, 2.05) is 12.2 Å². The highest BCUT2D eigenvalue weighted by atomic mass is 16.6. The van der Waals surface area contributed by atoms with Crippen molar-refractivity contribution in [2.45, 2.75) is 109 Å². The average Bonchev–Trinajstić information content (AvgIpc) is 3.17. The summed E-state index contributed by atoms with van der Waals surface area (Å²) in [5.74, 6) is -1.03. The standard InChI is InChI=1S/C27H41N7O6/c1-6-39-24(37)27-15-18(27)12-10-8-7-9-11-13-20(28-25(38)40-26(3,4)5)23(36)33-16-19(14-21(33)22(35)29-27)34-31-17(2)30-32-34/h10,12,18-21H,6-9,11,13-16H2,1-5H3,(H,28,38)(H,29,35)/b12-10-/t18?,19?,20-,21-,27+/m0/s1. The lowest BCUT2D eigenvalue weighted by Gasteiger charge is -2.30. The molecule has 13 nitrogen and oxygen atoms in total. The van der Waals surface area contributed by atoms with E-state index in [1.165, 1.54) is 9.70 Å². The van der Waals surface area contributed by atoms with Crippen molar-refractivity contribution in [3.05, 3.63) is 18.0 Å². The first kappa shape index (κ1) is 29.5. The first-order valence-corrected chi connectivity index (χ1v) is 14.2. The Morgan fingerprint density at radius 3 is 2.67 bits per heavy atom. The molecule has 1 aromatic rings.